The molecule has 2 atom stereocenters. The van der Waals surface area contributed by atoms with E-state index in [1.165, 1.54) is 0 Å². The Labute approximate surface area is 98.8 Å². The Bertz CT molecular complexity index is 377. The highest BCUT2D eigenvalue weighted by Crippen LogP contribution is 2.58. The molecule has 2 nitrogen and oxygen atoms in total. The zero-order chi connectivity index (χ0) is 12.6. The van der Waals surface area contributed by atoms with Gasteiger partial charge in [0.25, 0.3) is 0 Å². The zero-order valence-corrected chi connectivity index (χ0v) is 11.7. The summed E-state index contributed by atoms with van der Waals surface area (Å²) in [6.45, 7) is 10.6. The molecule has 1 N–H and O–H groups in total. The first-order chi connectivity index (χ1) is 7.16. The number of aliphatic carboxylic acids is 1. The fraction of sp³-hybridized carbons (Fsp3) is 0.615. The van der Waals surface area contributed by atoms with Gasteiger partial charge in [0.1, 0.15) is 8.07 Å². The second-order valence-corrected chi connectivity index (χ2v) is 10.8. The largest absolute Gasteiger partial charge is 0.481 e. The molecule has 16 heavy (non-hydrogen) atoms. The molecule has 1 aliphatic carbocycles. The lowest BCUT2D eigenvalue weighted by molar-refractivity contribution is -0.139. The highest BCUT2D eigenvalue weighted by molar-refractivity contribution is 6.83. The summed E-state index contributed by atoms with van der Waals surface area (Å²) in [6, 6.07) is 0. The van der Waals surface area contributed by atoms with E-state index >= 15 is 0 Å². The molecular formula is C13H20O2Si. The summed E-state index contributed by atoms with van der Waals surface area (Å²) in [4.78, 5) is 10.9. The molecule has 0 heterocycles. The predicted octanol–water partition coefficient (Wildman–Crippen LogP) is 2.78. The summed E-state index contributed by atoms with van der Waals surface area (Å²) >= 11 is 0. The second-order valence-electron chi connectivity index (χ2n) is 6.04. The van der Waals surface area contributed by atoms with Gasteiger partial charge in [0.15, 0.2) is 0 Å². The van der Waals surface area contributed by atoms with Crippen LogP contribution in [-0.2, 0) is 4.79 Å². The molecule has 88 valence electrons. The average molecular weight is 236 g/mol. The van der Waals surface area contributed by atoms with E-state index in [2.05, 4.69) is 31.1 Å². The van der Waals surface area contributed by atoms with Crippen molar-refractivity contribution in [3.8, 4) is 11.5 Å². The molecule has 0 saturated heterocycles. The Kier molecular flexibility index (Phi) is 3.34. The van der Waals surface area contributed by atoms with E-state index < -0.39 is 14.0 Å². The van der Waals surface area contributed by atoms with Crippen LogP contribution in [0.3, 0.4) is 0 Å². The van der Waals surface area contributed by atoms with Gasteiger partial charge in [0, 0.05) is 0 Å². The average Bonchev–Trinajstić information content (AvgIpc) is 2.60. The normalized spacial score (nSPS) is 27.3. The van der Waals surface area contributed by atoms with E-state index in [1.54, 1.807) is 0 Å². The number of carbonyl (C=O) groups is 1. The summed E-state index contributed by atoms with van der Waals surface area (Å²) in [5, 5.41) is 8.98. The Morgan fingerprint density at radius 3 is 2.31 bits per heavy atom. The lowest BCUT2D eigenvalue weighted by atomic mass is 10.1. The summed E-state index contributed by atoms with van der Waals surface area (Å²) in [5.41, 5.74) is 3.12. The van der Waals surface area contributed by atoms with Gasteiger partial charge in [-0.1, -0.05) is 45.5 Å². The van der Waals surface area contributed by atoms with Crippen molar-refractivity contribution in [2.75, 3.05) is 0 Å². The van der Waals surface area contributed by atoms with Crippen LogP contribution in [0.1, 0.15) is 13.8 Å². The lowest BCUT2D eigenvalue weighted by Crippen LogP contribution is -2.16. The Balaban J connectivity index is 2.61. The molecule has 3 heteroatoms. The first-order valence-electron chi connectivity index (χ1n) is 5.58. The first-order valence-corrected chi connectivity index (χ1v) is 9.08. The van der Waals surface area contributed by atoms with Crippen molar-refractivity contribution in [2.24, 2.45) is 17.3 Å². The fourth-order valence-corrected chi connectivity index (χ4v) is 2.43. The van der Waals surface area contributed by atoms with Crippen molar-refractivity contribution < 1.29 is 9.90 Å². The fourth-order valence-electron chi connectivity index (χ4n) is 1.92. The third-order valence-electron chi connectivity index (χ3n) is 3.01. The number of carboxylic acid groups (broad SMARTS) is 1. The lowest BCUT2D eigenvalue weighted by Gasteiger charge is -2.02. The van der Waals surface area contributed by atoms with Gasteiger partial charge >= 0.3 is 5.97 Å². The van der Waals surface area contributed by atoms with Crippen LogP contribution in [0.2, 0.25) is 19.6 Å². The van der Waals surface area contributed by atoms with Crippen molar-refractivity contribution in [2.45, 2.75) is 33.5 Å². The Morgan fingerprint density at radius 1 is 1.38 bits per heavy atom. The van der Waals surface area contributed by atoms with Gasteiger partial charge in [0.2, 0.25) is 0 Å². The molecule has 2 unspecified atom stereocenters. The zero-order valence-electron chi connectivity index (χ0n) is 10.7. The Morgan fingerprint density at radius 2 is 1.94 bits per heavy atom. The quantitative estimate of drug-likeness (QED) is 0.591. The first kappa shape index (κ1) is 13.1. The van der Waals surface area contributed by atoms with Crippen LogP contribution in [0.4, 0.5) is 0 Å². The van der Waals surface area contributed by atoms with Gasteiger partial charge in [-0.05, 0) is 17.4 Å². The molecule has 0 aromatic rings. The van der Waals surface area contributed by atoms with Crippen molar-refractivity contribution >= 4 is 14.0 Å². The van der Waals surface area contributed by atoms with Gasteiger partial charge in [-0.25, -0.2) is 0 Å². The number of carboxylic acids is 1. The maximum absolute atomic E-state index is 10.9. The summed E-state index contributed by atoms with van der Waals surface area (Å²) < 4.78 is 0. The van der Waals surface area contributed by atoms with Crippen LogP contribution >= 0.6 is 0 Å². The minimum atomic E-state index is -1.31. The number of allylic oxidation sites excluding steroid dienone is 2. The third kappa shape index (κ3) is 2.99. The van der Waals surface area contributed by atoms with Gasteiger partial charge in [-0.3, -0.25) is 4.79 Å². The van der Waals surface area contributed by atoms with Gasteiger partial charge in [0.05, 0.1) is 5.92 Å². The Hall–Kier alpha value is -1.01. The van der Waals surface area contributed by atoms with E-state index in [-0.39, 0.29) is 17.3 Å². The van der Waals surface area contributed by atoms with Crippen LogP contribution in [0.15, 0.2) is 12.2 Å². The number of rotatable bonds is 2. The molecule has 0 radical (unpaired) electrons. The van der Waals surface area contributed by atoms with E-state index in [1.807, 2.05) is 26.0 Å². The minimum absolute atomic E-state index is 0.108. The van der Waals surface area contributed by atoms with E-state index in [0.29, 0.717) is 0 Å². The van der Waals surface area contributed by atoms with Crippen LogP contribution in [-0.4, -0.2) is 19.1 Å². The van der Waals surface area contributed by atoms with Crippen molar-refractivity contribution in [3.63, 3.8) is 0 Å². The summed E-state index contributed by atoms with van der Waals surface area (Å²) in [6.07, 6.45) is 3.78. The molecule has 0 spiro atoms. The number of hydrogen-bond acceptors (Lipinski definition) is 1. The number of hydrogen-bond donors (Lipinski definition) is 1. The van der Waals surface area contributed by atoms with Crippen molar-refractivity contribution in [1.29, 1.82) is 0 Å². The van der Waals surface area contributed by atoms with Crippen LogP contribution in [0, 0.1) is 28.7 Å². The van der Waals surface area contributed by atoms with E-state index in [0.717, 1.165) is 0 Å². The monoisotopic (exact) mass is 236 g/mol. The smallest absolute Gasteiger partial charge is 0.307 e. The maximum atomic E-state index is 10.9. The molecule has 1 fully saturated rings. The highest BCUT2D eigenvalue weighted by Gasteiger charge is 2.60. The van der Waals surface area contributed by atoms with Crippen molar-refractivity contribution in [3.05, 3.63) is 12.2 Å². The summed E-state index contributed by atoms with van der Waals surface area (Å²) in [7, 11) is -1.31. The topological polar surface area (TPSA) is 37.3 Å². The van der Waals surface area contributed by atoms with Crippen molar-refractivity contribution in [1.82, 2.24) is 0 Å². The second kappa shape index (κ2) is 4.10. The summed E-state index contributed by atoms with van der Waals surface area (Å²) in [5.74, 6) is 2.24. The SMILES string of the molecule is CC1(C)C(C=CC#C[Si](C)(C)C)C1C(=O)O. The molecule has 1 saturated carbocycles. The standard InChI is InChI=1S/C13H20O2Si/c1-13(2)10(11(13)12(14)15)8-6-7-9-16(3,4)5/h6,8,10-11H,1-5H3,(H,14,15). The molecular weight excluding hydrogens is 216 g/mol. The molecule has 0 aromatic carbocycles. The minimum Gasteiger partial charge on any atom is -0.481 e. The molecule has 1 rings (SSSR count). The molecule has 0 aliphatic heterocycles. The maximum Gasteiger partial charge on any atom is 0.307 e. The van der Waals surface area contributed by atoms with Crippen LogP contribution in [0.5, 0.6) is 0 Å². The van der Waals surface area contributed by atoms with E-state index in [9.17, 15) is 4.79 Å². The predicted molar refractivity (Wildman–Crippen MR) is 68.7 cm³/mol. The molecule has 0 aromatic heterocycles. The van der Waals surface area contributed by atoms with Gasteiger partial charge in [-0.2, -0.15) is 0 Å². The molecule has 1 aliphatic rings. The highest BCUT2D eigenvalue weighted by atomic mass is 28.3. The van der Waals surface area contributed by atoms with Crippen LogP contribution < -0.4 is 0 Å². The van der Waals surface area contributed by atoms with Gasteiger partial charge < -0.3 is 5.11 Å². The van der Waals surface area contributed by atoms with Gasteiger partial charge in [-0.15, -0.1) is 5.54 Å². The van der Waals surface area contributed by atoms with Crippen LogP contribution in [0.25, 0.3) is 0 Å². The molecule has 0 bridgehead atoms. The van der Waals surface area contributed by atoms with E-state index in [4.69, 9.17) is 5.11 Å². The third-order valence-corrected chi connectivity index (χ3v) is 3.91. The molecule has 0 amide bonds.